The molecule has 4 aromatic rings. The number of rotatable bonds is 7. The van der Waals surface area contributed by atoms with Gasteiger partial charge in [0.2, 0.25) is 0 Å². The van der Waals surface area contributed by atoms with E-state index in [0.29, 0.717) is 28.8 Å². The maximum Gasteiger partial charge on any atom is 0.266 e. The molecule has 0 saturated carbocycles. The minimum atomic E-state index is -0.673. The van der Waals surface area contributed by atoms with Crippen molar-refractivity contribution in [2.45, 2.75) is 32.6 Å². The predicted octanol–water partition coefficient (Wildman–Crippen LogP) is 3.66. The standard InChI is InChI=1S/C27H23FN2O5/c1-16(32)22-26(34-15-18-5-3-2-4-6-18)23-24-25(35-21(14-31)13-30(24)27(22)33)19(12-29-23)11-17-7-9-20(28)10-8-17/h2-10,12,21,31H,11,13-15H2,1H3/t21-/m1/s1. The van der Waals surface area contributed by atoms with Crippen LogP contribution in [0.25, 0.3) is 11.0 Å². The fourth-order valence-corrected chi connectivity index (χ4v) is 4.33. The third-order valence-electron chi connectivity index (χ3n) is 6.01. The Bertz CT molecular complexity index is 1470. The van der Waals surface area contributed by atoms with Gasteiger partial charge in [0, 0.05) is 18.2 Å². The number of pyridine rings is 2. The molecule has 1 aliphatic rings. The molecule has 35 heavy (non-hydrogen) atoms. The Kier molecular flexibility index (Phi) is 6.05. The first-order chi connectivity index (χ1) is 17.0. The first-order valence-electron chi connectivity index (χ1n) is 11.2. The van der Waals surface area contributed by atoms with Gasteiger partial charge in [-0.3, -0.25) is 19.1 Å². The number of aliphatic hydroxyl groups excluding tert-OH is 1. The quantitative estimate of drug-likeness (QED) is 0.411. The molecule has 0 aliphatic carbocycles. The molecule has 0 unspecified atom stereocenters. The van der Waals surface area contributed by atoms with E-state index >= 15 is 0 Å². The van der Waals surface area contributed by atoms with Crippen LogP contribution >= 0.6 is 0 Å². The first kappa shape index (κ1) is 22.7. The Morgan fingerprint density at radius 3 is 2.60 bits per heavy atom. The van der Waals surface area contributed by atoms with E-state index < -0.39 is 17.4 Å². The van der Waals surface area contributed by atoms with Crippen LogP contribution in [0.5, 0.6) is 11.5 Å². The number of aromatic nitrogens is 2. The van der Waals surface area contributed by atoms with Crippen LogP contribution in [-0.4, -0.2) is 33.2 Å². The van der Waals surface area contributed by atoms with Crippen molar-refractivity contribution in [3.05, 3.63) is 99.2 Å². The van der Waals surface area contributed by atoms with E-state index in [9.17, 15) is 19.1 Å². The van der Waals surface area contributed by atoms with E-state index in [2.05, 4.69) is 4.98 Å². The minimum Gasteiger partial charge on any atom is -0.486 e. The number of benzene rings is 2. The molecule has 7 nitrogen and oxygen atoms in total. The minimum absolute atomic E-state index is 0.0692. The molecule has 0 bridgehead atoms. The van der Waals surface area contributed by atoms with E-state index in [0.717, 1.165) is 11.1 Å². The summed E-state index contributed by atoms with van der Waals surface area (Å²) in [5.74, 6) is -0.275. The second kappa shape index (κ2) is 9.31. The molecule has 0 fully saturated rings. The summed E-state index contributed by atoms with van der Waals surface area (Å²) in [5, 5.41) is 9.83. The van der Waals surface area contributed by atoms with Gasteiger partial charge in [-0.2, -0.15) is 0 Å². The summed E-state index contributed by atoms with van der Waals surface area (Å²) in [4.78, 5) is 30.7. The fraction of sp³-hybridized carbons (Fsp3) is 0.222. The first-order valence-corrected chi connectivity index (χ1v) is 11.2. The van der Waals surface area contributed by atoms with Gasteiger partial charge < -0.3 is 14.6 Å². The molecule has 1 aliphatic heterocycles. The van der Waals surface area contributed by atoms with Crippen LogP contribution in [0.15, 0.2) is 65.6 Å². The summed E-state index contributed by atoms with van der Waals surface area (Å²) in [6.45, 7) is 1.22. The molecule has 8 heteroatoms. The zero-order valence-electron chi connectivity index (χ0n) is 19.0. The summed E-state index contributed by atoms with van der Waals surface area (Å²) < 4.78 is 26.9. The van der Waals surface area contributed by atoms with Crippen molar-refractivity contribution in [3.8, 4) is 11.5 Å². The molecule has 1 N–H and O–H groups in total. The van der Waals surface area contributed by atoms with Gasteiger partial charge in [0.25, 0.3) is 5.56 Å². The van der Waals surface area contributed by atoms with Crippen LogP contribution in [0.3, 0.4) is 0 Å². The largest absolute Gasteiger partial charge is 0.486 e. The number of aliphatic hydroxyl groups is 1. The zero-order chi connectivity index (χ0) is 24.5. The Morgan fingerprint density at radius 1 is 1.17 bits per heavy atom. The SMILES string of the molecule is CC(=O)c1c(OCc2ccccc2)c2ncc(Cc3ccc(F)cc3)c3c2n(c1=O)C[C@H](CO)O3. The number of carbonyl (C=O) groups excluding carboxylic acids is 1. The van der Waals surface area contributed by atoms with Crippen LogP contribution in [0.1, 0.15) is 34.0 Å². The van der Waals surface area contributed by atoms with Crippen LogP contribution in [0, 0.1) is 5.82 Å². The van der Waals surface area contributed by atoms with Gasteiger partial charge >= 0.3 is 0 Å². The maximum absolute atomic E-state index is 13.5. The smallest absolute Gasteiger partial charge is 0.266 e. The number of nitrogens with zero attached hydrogens (tertiary/aromatic N) is 2. The van der Waals surface area contributed by atoms with Gasteiger partial charge in [-0.25, -0.2) is 4.39 Å². The molecule has 0 spiro atoms. The Morgan fingerprint density at radius 2 is 1.91 bits per heavy atom. The highest BCUT2D eigenvalue weighted by Gasteiger charge is 2.31. The average Bonchev–Trinajstić information content (AvgIpc) is 2.87. The van der Waals surface area contributed by atoms with Crippen LogP contribution in [0.4, 0.5) is 4.39 Å². The number of ketones is 1. The van der Waals surface area contributed by atoms with E-state index in [-0.39, 0.29) is 36.9 Å². The van der Waals surface area contributed by atoms with Crippen LogP contribution < -0.4 is 15.0 Å². The van der Waals surface area contributed by atoms with Crippen molar-refractivity contribution in [1.29, 1.82) is 0 Å². The lowest BCUT2D eigenvalue weighted by Gasteiger charge is -2.29. The topological polar surface area (TPSA) is 90.7 Å². The number of ether oxygens (including phenoxy) is 2. The lowest BCUT2D eigenvalue weighted by Crippen LogP contribution is -2.39. The summed E-state index contributed by atoms with van der Waals surface area (Å²) in [6.07, 6.45) is 1.31. The van der Waals surface area contributed by atoms with Crippen molar-refractivity contribution >= 4 is 16.8 Å². The highest BCUT2D eigenvalue weighted by molar-refractivity contribution is 6.02. The van der Waals surface area contributed by atoms with Crippen molar-refractivity contribution in [2.24, 2.45) is 0 Å². The zero-order valence-corrected chi connectivity index (χ0v) is 19.0. The molecule has 1 atom stereocenters. The average molecular weight is 474 g/mol. The van der Waals surface area contributed by atoms with Crippen molar-refractivity contribution in [3.63, 3.8) is 0 Å². The molecule has 5 rings (SSSR count). The van der Waals surface area contributed by atoms with Crippen LogP contribution in [-0.2, 0) is 19.6 Å². The normalized spacial score (nSPS) is 14.5. The summed E-state index contributed by atoms with van der Waals surface area (Å²) in [7, 11) is 0. The van der Waals surface area contributed by atoms with Crippen LogP contribution in [0.2, 0.25) is 0 Å². The number of Topliss-reactive ketones (excluding diaryl/α,β-unsaturated/α-hetero) is 1. The van der Waals surface area contributed by atoms with Gasteiger partial charge in [-0.15, -0.1) is 0 Å². The highest BCUT2D eigenvalue weighted by Crippen LogP contribution is 2.38. The van der Waals surface area contributed by atoms with E-state index in [1.807, 2.05) is 30.3 Å². The molecule has 2 aromatic carbocycles. The second-order valence-electron chi connectivity index (χ2n) is 8.49. The van der Waals surface area contributed by atoms with Gasteiger partial charge in [-0.05, 0) is 30.2 Å². The molecule has 0 saturated heterocycles. The number of carbonyl (C=O) groups is 1. The van der Waals surface area contributed by atoms with Gasteiger partial charge in [-0.1, -0.05) is 42.5 Å². The molecule has 2 aromatic heterocycles. The van der Waals surface area contributed by atoms with Crippen molar-refractivity contribution in [1.82, 2.24) is 9.55 Å². The Balaban J connectivity index is 1.69. The van der Waals surface area contributed by atoms with Gasteiger partial charge in [0.15, 0.2) is 17.3 Å². The third-order valence-corrected chi connectivity index (χ3v) is 6.01. The molecule has 0 amide bonds. The molecule has 3 heterocycles. The monoisotopic (exact) mass is 474 g/mol. The third kappa shape index (κ3) is 4.28. The van der Waals surface area contributed by atoms with Gasteiger partial charge in [0.1, 0.15) is 35.1 Å². The Hall–Kier alpha value is -4.04. The lowest BCUT2D eigenvalue weighted by molar-refractivity contribution is 0.0925. The van der Waals surface area contributed by atoms with E-state index in [1.54, 1.807) is 18.3 Å². The van der Waals surface area contributed by atoms with Crippen molar-refractivity contribution < 1.29 is 23.8 Å². The lowest BCUT2D eigenvalue weighted by atomic mass is 10.0. The molecule has 178 valence electrons. The maximum atomic E-state index is 13.5. The molecular weight excluding hydrogens is 451 g/mol. The highest BCUT2D eigenvalue weighted by atomic mass is 19.1. The predicted molar refractivity (Wildman–Crippen MR) is 127 cm³/mol. The summed E-state index contributed by atoms with van der Waals surface area (Å²) in [6, 6.07) is 15.5. The molecular formula is C27H23FN2O5. The second-order valence-corrected chi connectivity index (χ2v) is 8.49. The van der Waals surface area contributed by atoms with Gasteiger partial charge in [0.05, 0.1) is 13.2 Å². The summed E-state index contributed by atoms with van der Waals surface area (Å²) >= 11 is 0. The van der Waals surface area contributed by atoms with Crippen molar-refractivity contribution in [2.75, 3.05) is 6.61 Å². The number of hydrogen-bond donors (Lipinski definition) is 1. The number of halogens is 1. The Labute approximate surface area is 200 Å². The summed E-state index contributed by atoms with van der Waals surface area (Å²) in [5.41, 5.74) is 2.50. The number of hydrogen-bond acceptors (Lipinski definition) is 6. The molecule has 0 radical (unpaired) electrons. The van der Waals surface area contributed by atoms with E-state index in [4.69, 9.17) is 9.47 Å². The van der Waals surface area contributed by atoms with E-state index in [1.165, 1.54) is 23.6 Å². The fourth-order valence-electron chi connectivity index (χ4n) is 4.33.